The quantitative estimate of drug-likeness (QED) is 0.886. The zero-order valence-electron chi connectivity index (χ0n) is 11.6. The summed E-state index contributed by atoms with van der Waals surface area (Å²) < 4.78 is 0. The number of aliphatic carboxylic acids is 1. The third kappa shape index (κ3) is 2.29. The first-order chi connectivity index (χ1) is 9.12. The first kappa shape index (κ1) is 12.7. The molecule has 0 amide bonds. The number of hydrogen-bond donors (Lipinski definition) is 1. The summed E-state index contributed by atoms with van der Waals surface area (Å²) in [5.41, 5.74) is 1.84. The van der Waals surface area contributed by atoms with Crippen LogP contribution >= 0.6 is 0 Å². The van der Waals surface area contributed by atoms with Crippen LogP contribution in [0.1, 0.15) is 62.5 Å². The molecule has 2 nitrogen and oxygen atoms in total. The van der Waals surface area contributed by atoms with E-state index in [9.17, 15) is 9.90 Å². The van der Waals surface area contributed by atoms with E-state index in [1.807, 2.05) is 0 Å². The van der Waals surface area contributed by atoms with E-state index in [2.05, 4.69) is 31.2 Å². The van der Waals surface area contributed by atoms with Crippen LogP contribution in [0.5, 0.6) is 0 Å². The maximum atomic E-state index is 11.3. The van der Waals surface area contributed by atoms with E-state index in [4.69, 9.17) is 0 Å². The SMILES string of the molecule is CC1CCC(c2ccc(C3(C(=O)O)CC3)cc2)CC1. The van der Waals surface area contributed by atoms with Crippen LogP contribution in [0.15, 0.2) is 24.3 Å². The molecule has 3 rings (SSSR count). The summed E-state index contributed by atoms with van der Waals surface area (Å²) >= 11 is 0. The minimum atomic E-state index is -0.660. The lowest BCUT2D eigenvalue weighted by molar-refractivity contribution is -0.140. The molecule has 0 unspecified atom stereocenters. The smallest absolute Gasteiger partial charge is 0.314 e. The highest BCUT2D eigenvalue weighted by Gasteiger charge is 2.51. The minimum Gasteiger partial charge on any atom is -0.481 e. The zero-order chi connectivity index (χ0) is 13.5. The predicted octanol–water partition coefficient (Wildman–Crippen LogP) is 4.10. The van der Waals surface area contributed by atoms with Crippen molar-refractivity contribution in [3.05, 3.63) is 35.4 Å². The highest BCUT2D eigenvalue weighted by atomic mass is 16.4. The fourth-order valence-electron chi connectivity index (χ4n) is 3.42. The maximum absolute atomic E-state index is 11.3. The van der Waals surface area contributed by atoms with Gasteiger partial charge in [-0.15, -0.1) is 0 Å². The van der Waals surface area contributed by atoms with Crippen LogP contribution in [-0.2, 0) is 10.2 Å². The van der Waals surface area contributed by atoms with Gasteiger partial charge >= 0.3 is 5.97 Å². The first-order valence-electron chi connectivity index (χ1n) is 7.46. The van der Waals surface area contributed by atoms with Gasteiger partial charge in [-0.25, -0.2) is 0 Å². The molecule has 2 fully saturated rings. The minimum absolute atomic E-state index is 0.556. The average Bonchev–Trinajstić information content (AvgIpc) is 3.21. The van der Waals surface area contributed by atoms with E-state index in [0.717, 1.165) is 24.3 Å². The van der Waals surface area contributed by atoms with Gasteiger partial charge in [0.15, 0.2) is 0 Å². The molecule has 0 saturated heterocycles. The summed E-state index contributed by atoms with van der Waals surface area (Å²) in [6.45, 7) is 2.34. The van der Waals surface area contributed by atoms with Crippen molar-refractivity contribution in [3.8, 4) is 0 Å². The number of rotatable bonds is 3. The average molecular weight is 258 g/mol. The van der Waals surface area contributed by atoms with E-state index < -0.39 is 11.4 Å². The van der Waals surface area contributed by atoms with Crippen LogP contribution in [0.2, 0.25) is 0 Å². The van der Waals surface area contributed by atoms with Crippen LogP contribution in [-0.4, -0.2) is 11.1 Å². The summed E-state index contributed by atoms with van der Waals surface area (Å²) in [5, 5.41) is 9.30. The van der Waals surface area contributed by atoms with Gasteiger partial charge in [0.05, 0.1) is 5.41 Å². The third-order valence-corrected chi connectivity index (χ3v) is 5.11. The van der Waals surface area contributed by atoms with E-state index >= 15 is 0 Å². The number of benzene rings is 1. The van der Waals surface area contributed by atoms with Gasteiger partial charge in [-0.3, -0.25) is 4.79 Å². The number of hydrogen-bond acceptors (Lipinski definition) is 1. The normalized spacial score (nSPS) is 28.9. The van der Waals surface area contributed by atoms with E-state index in [1.165, 1.54) is 31.2 Å². The van der Waals surface area contributed by atoms with Crippen molar-refractivity contribution >= 4 is 5.97 Å². The molecule has 0 radical (unpaired) electrons. The topological polar surface area (TPSA) is 37.3 Å². The number of carboxylic acid groups (broad SMARTS) is 1. The summed E-state index contributed by atoms with van der Waals surface area (Å²) in [4.78, 5) is 11.3. The van der Waals surface area contributed by atoms with Crippen molar-refractivity contribution in [1.82, 2.24) is 0 Å². The zero-order valence-corrected chi connectivity index (χ0v) is 11.6. The molecule has 0 bridgehead atoms. The Morgan fingerprint density at radius 2 is 1.68 bits per heavy atom. The molecule has 1 aromatic rings. The molecule has 2 saturated carbocycles. The number of carboxylic acids is 1. The lowest BCUT2D eigenvalue weighted by atomic mass is 9.79. The van der Waals surface area contributed by atoms with Gasteiger partial charge in [-0.05, 0) is 48.6 Å². The monoisotopic (exact) mass is 258 g/mol. The molecular formula is C17H22O2. The Morgan fingerprint density at radius 1 is 1.11 bits per heavy atom. The van der Waals surface area contributed by atoms with Gasteiger partial charge in [0.2, 0.25) is 0 Å². The summed E-state index contributed by atoms with van der Waals surface area (Å²) in [7, 11) is 0. The van der Waals surface area contributed by atoms with Crippen LogP contribution in [0.4, 0.5) is 0 Å². The van der Waals surface area contributed by atoms with Crippen molar-refractivity contribution < 1.29 is 9.90 Å². The largest absolute Gasteiger partial charge is 0.481 e. The molecule has 0 aliphatic heterocycles. The second-order valence-corrected chi connectivity index (χ2v) is 6.47. The Morgan fingerprint density at radius 3 is 2.16 bits per heavy atom. The van der Waals surface area contributed by atoms with Gasteiger partial charge in [-0.1, -0.05) is 44.0 Å². The predicted molar refractivity (Wildman–Crippen MR) is 75.4 cm³/mol. The fraction of sp³-hybridized carbons (Fsp3) is 0.588. The van der Waals surface area contributed by atoms with Crippen molar-refractivity contribution in [2.75, 3.05) is 0 Å². The van der Waals surface area contributed by atoms with Gasteiger partial charge < -0.3 is 5.11 Å². The van der Waals surface area contributed by atoms with Crippen LogP contribution in [0, 0.1) is 5.92 Å². The van der Waals surface area contributed by atoms with Crippen molar-refractivity contribution in [1.29, 1.82) is 0 Å². The molecule has 2 aliphatic rings. The standard InChI is InChI=1S/C17H22O2/c1-12-2-4-13(5-3-12)14-6-8-15(9-7-14)17(10-11-17)16(18)19/h6-9,12-13H,2-5,10-11H2,1H3,(H,18,19). The Kier molecular flexibility index (Phi) is 3.12. The molecule has 0 atom stereocenters. The van der Waals surface area contributed by atoms with E-state index in [-0.39, 0.29) is 0 Å². The van der Waals surface area contributed by atoms with Gasteiger partial charge in [0.25, 0.3) is 0 Å². The van der Waals surface area contributed by atoms with Crippen molar-refractivity contribution in [2.45, 2.75) is 56.8 Å². The molecule has 1 aromatic carbocycles. The first-order valence-corrected chi connectivity index (χ1v) is 7.46. The summed E-state index contributed by atoms with van der Waals surface area (Å²) in [6, 6.07) is 8.43. The van der Waals surface area contributed by atoms with Gasteiger partial charge in [0, 0.05) is 0 Å². The summed E-state index contributed by atoms with van der Waals surface area (Å²) in [5.74, 6) is 0.897. The van der Waals surface area contributed by atoms with Crippen molar-refractivity contribution in [2.24, 2.45) is 5.92 Å². The lowest BCUT2D eigenvalue weighted by Gasteiger charge is -2.26. The molecule has 2 aliphatic carbocycles. The maximum Gasteiger partial charge on any atom is 0.314 e. The molecule has 0 aromatic heterocycles. The fourth-order valence-corrected chi connectivity index (χ4v) is 3.42. The Balaban J connectivity index is 1.74. The summed E-state index contributed by atoms with van der Waals surface area (Å²) in [6.07, 6.45) is 6.80. The lowest BCUT2D eigenvalue weighted by Crippen LogP contribution is -2.19. The molecule has 0 heterocycles. The van der Waals surface area contributed by atoms with E-state index in [1.54, 1.807) is 0 Å². The Labute approximate surface area is 114 Å². The highest BCUT2D eigenvalue weighted by Crippen LogP contribution is 2.48. The van der Waals surface area contributed by atoms with Crippen LogP contribution < -0.4 is 0 Å². The second kappa shape index (κ2) is 4.66. The van der Waals surface area contributed by atoms with E-state index in [0.29, 0.717) is 5.92 Å². The molecule has 2 heteroatoms. The second-order valence-electron chi connectivity index (χ2n) is 6.47. The molecule has 1 N–H and O–H groups in total. The molecule has 19 heavy (non-hydrogen) atoms. The molecule has 102 valence electrons. The Hall–Kier alpha value is -1.31. The van der Waals surface area contributed by atoms with Gasteiger partial charge in [-0.2, -0.15) is 0 Å². The van der Waals surface area contributed by atoms with Gasteiger partial charge in [0.1, 0.15) is 0 Å². The third-order valence-electron chi connectivity index (χ3n) is 5.11. The van der Waals surface area contributed by atoms with Crippen molar-refractivity contribution in [3.63, 3.8) is 0 Å². The van der Waals surface area contributed by atoms with Crippen LogP contribution in [0.25, 0.3) is 0 Å². The Bertz CT molecular complexity index is 463. The molecular weight excluding hydrogens is 236 g/mol. The highest BCUT2D eigenvalue weighted by molar-refractivity contribution is 5.84. The van der Waals surface area contributed by atoms with Crippen LogP contribution in [0.3, 0.4) is 0 Å². The number of carbonyl (C=O) groups is 1. The molecule has 0 spiro atoms.